The van der Waals surface area contributed by atoms with Crippen molar-refractivity contribution < 1.29 is 0 Å². The Morgan fingerprint density at radius 1 is 1.47 bits per heavy atom. The number of nitrogens with zero attached hydrogens (tertiary/aromatic N) is 1. The second-order valence-corrected chi connectivity index (χ2v) is 6.21. The van der Waals surface area contributed by atoms with E-state index in [1.54, 1.807) is 0 Å². The van der Waals surface area contributed by atoms with Gasteiger partial charge in [0.15, 0.2) is 5.17 Å². The molecule has 2 nitrogen and oxygen atoms in total. The van der Waals surface area contributed by atoms with E-state index in [0.717, 1.165) is 18.4 Å². The van der Waals surface area contributed by atoms with E-state index in [1.165, 1.54) is 36.6 Å². The van der Waals surface area contributed by atoms with E-state index in [9.17, 15) is 0 Å². The van der Waals surface area contributed by atoms with Gasteiger partial charge in [-0.3, -0.25) is 4.99 Å². The molecule has 1 heterocycles. The number of rotatable bonds is 5. The summed E-state index contributed by atoms with van der Waals surface area (Å²) in [6, 6.07) is 0.662. The van der Waals surface area contributed by atoms with Crippen LogP contribution in [0.15, 0.2) is 4.99 Å². The van der Waals surface area contributed by atoms with Gasteiger partial charge >= 0.3 is 0 Å². The molecular formula is C12H22N2S. The van der Waals surface area contributed by atoms with Crippen molar-refractivity contribution in [3.63, 3.8) is 0 Å². The van der Waals surface area contributed by atoms with Crippen molar-refractivity contribution in [3.05, 3.63) is 0 Å². The van der Waals surface area contributed by atoms with Crippen molar-refractivity contribution >= 4 is 16.9 Å². The Bertz CT molecular complexity index is 234. The highest BCUT2D eigenvalue weighted by atomic mass is 32.2. The SMILES string of the molecule is CC(C)CC1CSC(=NCCC2CC2)N1. The van der Waals surface area contributed by atoms with Gasteiger partial charge in [0.05, 0.1) is 0 Å². The molecule has 0 aromatic carbocycles. The quantitative estimate of drug-likeness (QED) is 0.779. The van der Waals surface area contributed by atoms with Crippen molar-refractivity contribution in [2.75, 3.05) is 12.3 Å². The molecule has 1 atom stereocenters. The van der Waals surface area contributed by atoms with Gasteiger partial charge in [0.1, 0.15) is 0 Å². The number of aliphatic imine (C=N–C) groups is 1. The third-order valence-electron chi connectivity index (χ3n) is 2.99. The third kappa shape index (κ3) is 4.06. The van der Waals surface area contributed by atoms with Crippen LogP contribution in [0.5, 0.6) is 0 Å². The minimum Gasteiger partial charge on any atom is -0.361 e. The van der Waals surface area contributed by atoms with Crippen LogP contribution in [0.1, 0.15) is 39.5 Å². The first-order chi connectivity index (χ1) is 7.24. The molecule has 2 rings (SSSR count). The summed E-state index contributed by atoms with van der Waals surface area (Å²) in [6.07, 6.45) is 5.47. The first-order valence-electron chi connectivity index (χ1n) is 6.18. The van der Waals surface area contributed by atoms with Crippen LogP contribution in [0, 0.1) is 11.8 Å². The number of hydrogen-bond donors (Lipinski definition) is 1. The van der Waals surface area contributed by atoms with Gasteiger partial charge in [-0.15, -0.1) is 0 Å². The molecule has 1 saturated heterocycles. The summed E-state index contributed by atoms with van der Waals surface area (Å²) in [6.45, 7) is 5.61. The molecule has 15 heavy (non-hydrogen) atoms. The fraction of sp³-hybridized carbons (Fsp3) is 0.917. The van der Waals surface area contributed by atoms with Crippen LogP contribution in [-0.2, 0) is 0 Å². The van der Waals surface area contributed by atoms with Crippen molar-refractivity contribution in [2.45, 2.75) is 45.6 Å². The lowest BCUT2D eigenvalue weighted by atomic mass is 10.1. The zero-order valence-corrected chi connectivity index (χ0v) is 10.6. The highest BCUT2D eigenvalue weighted by Gasteiger charge is 2.22. The normalized spacial score (nSPS) is 28.7. The molecule has 2 aliphatic rings. The maximum Gasteiger partial charge on any atom is 0.156 e. The summed E-state index contributed by atoms with van der Waals surface area (Å²) < 4.78 is 0. The molecule has 0 spiro atoms. The minimum atomic E-state index is 0.662. The smallest absolute Gasteiger partial charge is 0.156 e. The monoisotopic (exact) mass is 226 g/mol. The maximum absolute atomic E-state index is 4.63. The molecule has 3 heteroatoms. The molecule has 0 aromatic heterocycles. The predicted molar refractivity (Wildman–Crippen MR) is 68.5 cm³/mol. The van der Waals surface area contributed by atoms with Crippen molar-refractivity contribution in [1.82, 2.24) is 5.32 Å². The summed E-state index contributed by atoms with van der Waals surface area (Å²) in [7, 11) is 0. The van der Waals surface area contributed by atoms with Crippen LogP contribution in [0.25, 0.3) is 0 Å². The largest absolute Gasteiger partial charge is 0.361 e. The Hall–Kier alpha value is -0.180. The molecule has 1 N–H and O–H groups in total. The van der Waals surface area contributed by atoms with Gasteiger partial charge in [-0.05, 0) is 24.7 Å². The summed E-state index contributed by atoms with van der Waals surface area (Å²) in [5, 5.41) is 4.73. The van der Waals surface area contributed by atoms with E-state index in [4.69, 9.17) is 0 Å². The van der Waals surface area contributed by atoms with Crippen LogP contribution in [-0.4, -0.2) is 23.5 Å². The van der Waals surface area contributed by atoms with E-state index in [0.29, 0.717) is 6.04 Å². The molecule has 0 aromatic rings. The lowest BCUT2D eigenvalue weighted by Gasteiger charge is -2.11. The fourth-order valence-corrected chi connectivity index (χ4v) is 2.99. The fourth-order valence-electron chi connectivity index (χ4n) is 1.98. The Kier molecular flexibility index (Phi) is 3.95. The lowest BCUT2D eigenvalue weighted by molar-refractivity contribution is 0.502. The van der Waals surface area contributed by atoms with Gasteiger partial charge in [0.2, 0.25) is 0 Å². The van der Waals surface area contributed by atoms with Crippen molar-refractivity contribution in [3.8, 4) is 0 Å². The third-order valence-corrected chi connectivity index (χ3v) is 4.08. The van der Waals surface area contributed by atoms with Gasteiger partial charge in [0, 0.05) is 18.3 Å². The van der Waals surface area contributed by atoms with Crippen LogP contribution < -0.4 is 5.32 Å². The van der Waals surface area contributed by atoms with Crippen molar-refractivity contribution in [2.24, 2.45) is 16.8 Å². The molecule has 1 unspecified atom stereocenters. The molecule has 1 aliphatic carbocycles. The summed E-state index contributed by atoms with van der Waals surface area (Å²) in [5.74, 6) is 3.00. The topological polar surface area (TPSA) is 24.4 Å². The van der Waals surface area contributed by atoms with E-state index in [2.05, 4.69) is 24.2 Å². The van der Waals surface area contributed by atoms with Crippen molar-refractivity contribution in [1.29, 1.82) is 0 Å². The molecule has 1 aliphatic heterocycles. The first-order valence-corrected chi connectivity index (χ1v) is 7.16. The number of thioether (sulfide) groups is 1. The number of amidine groups is 1. The molecule has 0 radical (unpaired) electrons. The van der Waals surface area contributed by atoms with Gasteiger partial charge in [0.25, 0.3) is 0 Å². The molecule has 86 valence electrons. The Labute approximate surface area is 97.3 Å². The van der Waals surface area contributed by atoms with E-state index in [1.807, 2.05) is 11.8 Å². The minimum absolute atomic E-state index is 0.662. The number of nitrogens with one attached hydrogen (secondary N) is 1. The highest BCUT2D eigenvalue weighted by Crippen LogP contribution is 2.32. The van der Waals surface area contributed by atoms with Crippen LogP contribution >= 0.6 is 11.8 Å². The first kappa shape index (κ1) is 11.3. The molecule has 1 saturated carbocycles. The highest BCUT2D eigenvalue weighted by molar-refractivity contribution is 8.14. The average molecular weight is 226 g/mol. The van der Waals surface area contributed by atoms with Gasteiger partial charge in [-0.2, -0.15) is 0 Å². The molecule has 0 bridgehead atoms. The average Bonchev–Trinajstić information content (AvgIpc) is 2.88. The standard InChI is InChI=1S/C12H22N2S/c1-9(2)7-11-8-15-12(14-11)13-6-5-10-3-4-10/h9-11H,3-8H2,1-2H3,(H,13,14). The maximum atomic E-state index is 4.63. The molecule has 0 amide bonds. The van der Waals surface area contributed by atoms with Crippen LogP contribution in [0.2, 0.25) is 0 Å². The zero-order valence-electron chi connectivity index (χ0n) is 9.83. The van der Waals surface area contributed by atoms with Gasteiger partial charge in [-0.25, -0.2) is 0 Å². The second kappa shape index (κ2) is 5.24. The van der Waals surface area contributed by atoms with Crippen LogP contribution in [0.4, 0.5) is 0 Å². The predicted octanol–water partition coefficient (Wildman–Crippen LogP) is 2.89. The lowest BCUT2D eigenvalue weighted by Crippen LogP contribution is -2.28. The Morgan fingerprint density at radius 2 is 2.27 bits per heavy atom. The van der Waals surface area contributed by atoms with E-state index >= 15 is 0 Å². The van der Waals surface area contributed by atoms with E-state index in [-0.39, 0.29) is 0 Å². The number of hydrogen-bond acceptors (Lipinski definition) is 2. The molecular weight excluding hydrogens is 204 g/mol. The summed E-state index contributed by atoms with van der Waals surface area (Å²) >= 11 is 1.90. The van der Waals surface area contributed by atoms with Gasteiger partial charge < -0.3 is 5.32 Å². The van der Waals surface area contributed by atoms with Gasteiger partial charge in [-0.1, -0.05) is 38.5 Å². The molecule has 2 fully saturated rings. The summed E-state index contributed by atoms with van der Waals surface area (Å²) in [4.78, 5) is 4.63. The second-order valence-electron chi connectivity index (χ2n) is 5.20. The zero-order chi connectivity index (χ0) is 10.7. The Balaban J connectivity index is 1.66. The summed E-state index contributed by atoms with van der Waals surface area (Å²) in [5.41, 5.74) is 0. The van der Waals surface area contributed by atoms with Crippen LogP contribution in [0.3, 0.4) is 0 Å². The van der Waals surface area contributed by atoms with E-state index < -0.39 is 0 Å². The Morgan fingerprint density at radius 3 is 2.93 bits per heavy atom.